The Morgan fingerprint density at radius 2 is 1.62 bits per heavy atom. The number of nitrogens with one attached hydrogen (secondary N) is 1. The van der Waals surface area contributed by atoms with Gasteiger partial charge in [0.25, 0.3) is 5.91 Å². The SMILES string of the molecule is C=CCNC(=O)[C@H](Cc1ccccc1)N(Cc1ccc(Cl)cc1)C(=O)COc1ccccc1Cl. The molecule has 0 unspecified atom stereocenters. The highest BCUT2D eigenvalue weighted by atomic mass is 35.5. The normalized spacial score (nSPS) is 11.4. The molecule has 0 aliphatic carbocycles. The van der Waals surface area contributed by atoms with Crippen LogP contribution in [0.1, 0.15) is 11.1 Å². The molecule has 1 N–H and O–H groups in total. The molecule has 176 valence electrons. The number of halogens is 2. The summed E-state index contributed by atoms with van der Waals surface area (Å²) in [5, 5.41) is 3.83. The van der Waals surface area contributed by atoms with Gasteiger partial charge in [0.2, 0.25) is 5.91 Å². The first-order valence-electron chi connectivity index (χ1n) is 10.8. The summed E-state index contributed by atoms with van der Waals surface area (Å²) in [6, 6.07) is 22.9. The Labute approximate surface area is 209 Å². The molecule has 0 heterocycles. The zero-order valence-corrected chi connectivity index (χ0v) is 20.1. The van der Waals surface area contributed by atoms with Crippen molar-refractivity contribution in [3.63, 3.8) is 0 Å². The van der Waals surface area contributed by atoms with Crippen LogP contribution in [0, 0.1) is 0 Å². The summed E-state index contributed by atoms with van der Waals surface area (Å²) < 4.78 is 5.71. The lowest BCUT2D eigenvalue weighted by Crippen LogP contribution is -2.51. The van der Waals surface area contributed by atoms with Gasteiger partial charge in [-0.15, -0.1) is 6.58 Å². The summed E-state index contributed by atoms with van der Waals surface area (Å²) in [5.74, 6) is -0.215. The predicted molar refractivity (Wildman–Crippen MR) is 136 cm³/mol. The number of ether oxygens (including phenoxy) is 1. The van der Waals surface area contributed by atoms with Crippen LogP contribution in [0.3, 0.4) is 0 Å². The second-order valence-corrected chi connectivity index (χ2v) is 8.45. The molecule has 5 nitrogen and oxygen atoms in total. The topological polar surface area (TPSA) is 58.6 Å². The maximum atomic E-state index is 13.4. The van der Waals surface area contributed by atoms with Crippen molar-refractivity contribution in [2.24, 2.45) is 0 Å². The second-order valence-electron chi connectivity index (χ2n) is 7.61. The first-order valence-corrected chi connectivity index (χ1v) is 11.6. The van der Waals surface area contributed by atoms with E-state index in [0.717, 1.165) is 11.1 Å². The summed E-state index contributed by atoms with van der Waals surface area (Å²) >= 11 is 12.2. The van der Waals surface area contributed by atoms with Gasteiger partial charge in [-0.1, -0.05) is 83.9 Å². The van der Waals surface area contributed by atoms with Crippen LogP contribution in [0.4, 0.5) is 0 Å². The third-order valence-electron chi connectivity index (χ3n) is 5.15. The molecule has 0 saturated carbocycles. The fourth-order valence-corrected chi connectivity index (χ4v) is 3.73. The lowest BCUT2D eigenvalue weighted by molar-refractivity contribution is -0.142. The first-order chi connectivity index (χ1) is 16.5. The summed E-state index contributed by atoms with van der Waals surface area (Å²) in [5.41, 5.74) is 1.77. The van der Waals surface area contributed by atoms with Gasteiger partial charge >= 0.3 is 0 Å². The highest BCUT2D eigenvalue weighted by molar-refractivity contribution is 6.32. The van der Waals surface area contributed by atoms with E-state index in [2.05, 4.69) is 11.9 Å². The van der Waals surface area contributed by atoms with Gasteiger partial charge in [0.15, 0.2) is 6.61 Å². The van der Waals surface area contributed by atoms with E-state index in [9.17, 15) is 9.59 Å². The van der Waals surface area contributed by atoms with Crippen molar-refractivity contribution in [2.45, 2.75) is 19.0 Å². The molecule has 3 aromatic carbocycles. The molecule has 34 heavy (non-hydrogen) atoms. The Hall–Kier alpha value is -3.28. The average Bonchev–Trinajstić information content (AvgIpc) is 2.85. The van der Waals surface area contributed by atoms with Crippen LogP contribution < -0.4 is 10.1 Å². The van der Waals surface area contributed by atoms with Crippen molar-refractivity contribution in [1.82, 2.24) is 10.2 Å². The Bertz CT molecular complexity index is 1100. The fourth-order valence-electron chi connectivity index (χ4n) is 3.42. The van der Waals surface area contributed by atoms with Crippen LogP contribution >= 0.6 is 23.2 Å². The van der Waals surface area contributed by atoms with Crippen LogP contribution in [-0.2, 0) is 22.6 Å². The van der Waals surface area contributed by atoms with Gasteiger partial charge in [0.1, 0.15) is 11.8 Å². The minimum atomic E-state index is -0.764. The zero-order chi connectivity index (χ0) is 24.3. The van der Waals surface area contributed by atoms with E-state index in [4.69, 9.17) is 27.9 Å². The Balaban J connectivity index is 1.90. The number of carbonyl (C=O) groups is 2. The van der Waals surface area contributed by atoms with Gasteiger partial charge in [-0.2, -0.15) is 0 Å². The van der Waals surface area contributed by atoms with E-state index in [1.807, 2.05) is 42.5 Å². The summed E-state index contributed by atoms with van der Waals surface area (Å²) in [6.07, 6.45) is 1.94. The lowest BCUT2D eigenvalue weighted by atomic mass is 10.0. The van der Waals surface area contributed by atoms with E-state index < -0.39 is 6.04 Å². The number of carbonyl (C=O) groups excluding carboxylic acids is 2. The summed E-state index contributed by atoms with van der Waals surface area (Å²) in [7, 11) is 0. The zero-order valence-electron chi connectivity index (χ0n) is 18.6. The average molecular weight is 497 g/mol. The van der Waals surface area contributed by atoms with Crippen molar-refractivity contribution >= 4 is 35.0 Å². The van der Waals surface area contributed by atoms with Crippen LogP contribution in [0.15, 0.2) is 91.5 Å². The number of para-hydroxylation sites is 1. The van der Waals surface area contributed by atoms with Crippen LogP contribution in [0.25, 0.3) is 0 Å². The highest BCUT2D eigenvalue weighted by Gasteiger charge is 2.30. The Morgan fingerprint density at radius 3 is 2.29 bits per heavy atom. The van der Waals surface area contributed by atoms with Gasteiger partial charge in [-0.3, -0.25) is 9.59 Å². The van der Waals surface area contributed by atoms with Gasteiger partial charge in [0, 0.05) is 24.5 Å². The Morgan fingerprint density at radius 1 is 0.941 bits per heavy atom. The number of benzene rings is 3. The van der Waals surface area contributed by atoms with Crippen LogP contribution in [-0.4, -0.2) is 35.9 Å². The third kappa shape index (κ3) is 7.37. The molecule has 0 aliphatic rings. The smallest absolute Gasteiger partial charge is 0.261 e. The molecule has 0 bridgehead atoms. The van der Waals surface area contributed by atoms with Gasteiger partial charge in [-0.05, 0) is 35.4 Å². The molecule has 0 radical (unpaired) electrons. The fraction of sp³-hybridized carbons (Fsp3) is 0.185. The molecule has 2 amide bonds. The van der Waals surface area contributed by atoms with Gasteiger partial charge < -0.3 is 15.0 Å². The summed E-state index contributed by atoms with van der Waals surface area (Å²) in [6.45, 7) is 3.90. The molecule has 3 rings (SSSR count). The quantitative estimate of drug-likeness (QED) is 0.365. The molecular weight excluding hydrogens is 471 g/mol. The standard InChI is InChI=1S/C27H26Cl2N2O3/c1-2-16-30-27(33)24(17-20-8-4-3-5-9-20)31(18-21-12-14-22(28)15-13-21)26(32)19-34-25-11-7-6-10-23(25)29/h2-15,24H,1,16-19H2,(H,30,33)/t24-/m0/s1. The van der Waals surface area contributed by atoms with Crippen molar-refractivity contribution in [2.75, 3.05) is 13.2 Å². The van der Waals surface area contributed by atoms with Gasteiger partial charge in [-0.25, -0.2) is 0 Å². The third-order valence-corrected chi connectivity index (χ3v) is 5.71. The molecule has 0 saturated heterocycles. The molecule has 0 aromatic heterocycles. The van der Waals surface area contributed by atoms with E-state index in [0.29, 0.717) is 28.8 Å². The van der Waals surface area contributed by atoms with Crippen LogP contribution in [0.2, 0.25) is 10.0 Å². The molecule has 0 spiro atoms. The molecular formula is C27H26Cl2N2O3. The highest BCUT2D eigenvalue weighted by Crippen LogP contribution is 2.23. The predicted octanol–water partition coefficient (Wildman–Crippen LogP) is 5.31. The number of hydrogen-bond donors (Lipinski definition) is 1. The second kappa shape index (κ2) is 12.8. The number of amides is 2. The number of hydrogen-bond acceptors (Lipinski definition) is 3. The van der Waals surface area contributed by atoms with E-state index >= 15 is 0 Å². The lowest BCUT2D eigenvalue weighted by Gasteiger charge is -2.31. The van der Waals surface area contributed by atoms with Crippen molar-refractivity contribution in [3.05, 3.63) is 113 Å². The van der Waals surface area contributed by atoms with E-state index in [1.54, 1.807) is 42.5 Å². The summed E-state index contributed by atoms with van der Waals surface area (Å²) in [4.78, 5) is 28.2. The van der Waals surface area contributed by atoms with Crippen molar-refractivity contribution in [1.29, 1.82) is 0 Å². The van der Waals surface area contributed by atoms with E-state index in [1.165, 1.54) is 4.90 Å². The molecule has 7 heteroatoms. The maximum Gasteiger partial charge on any atom is 0.261 e. The first kappa shape index (κ1) is 25.3. The van der Waals surface area contributed by atoms with Crippen molar-refractivity contribution in [3.8, 4) is 5.75 Å². The number of rotatable bonds is 11. The Kier molecular flexibility index (Phi) is 9.56. The largest absolute Gasteiger partial charge is 0.482 e. The van der Waals surface area contributed by atoms with E-state index in [-0.39, 0.29) is 25.0 Å². The maximum absolute atomic E-state index is 13.4. The van der Waals surface area contributed by atoms with Crippen LogP contribution in [0.5, 0.6) is 5.75 Å². The monoisotopic (exact) mass is 496 g/mol. The molecule has 1 atom stereocenters. The van der Waals surface area contributed by atoms with Crippen molar-refractivity contribution < 1.29 is 14.3 Å². The molecule has 0 fully saturated rings. The van der Waals surface area contributed by atoms with Gasteiger partial charge in [0.05, 0.1) is 5.02 Å². The minimum absolute atomic E-state index is 0.209. The molecule has 3 aromatic rings. The number of nitrogens with zero attached hydrogens (tertiary/aromatic N) is 1. The minimum Gasteiger partial charge on any atom is -0.482 e. The molecule has 0 aliphatic heterocycles.